The fourth-order valence-electron chi connectivity index (χ4n) is 2.81. The van der Waals surface area contributed by atoms with Crippen LogP contribution in [0, 0.1) is 5.92 Å². The van der Waals surface area contributed by atoms with Crippen LogP contribution in [-0.4, -0.2) is 62.1 Å². The van der Waals surface area contributed by atoms with Crippen molar-refractivity contribution in [2.24, 2.45) is 5.92 Å². The number of ether oxygens (including phenoxy) is 1. The second-order valence-corrected chi connectivity index (χ2v) is 5.29. The lowest BCUT2D eigenvalue weighted by Crippen LogP contribution is -2.61. The molecular formula is C13H23N3O3. The van der Waals surface area contributed by atoms with E-state index in [4.69, 9.17) is 4.74 Å². The van der Waals surface area contributed by atoms with Crippen LogP contribution in [0.5, 0.6) is 0 Å². The topological polar surface area (TPSA) is 70.7 Å². The number of rotatable bonds is 2. The van der Waals surface area contributed by atoms with Crippen molar-refractivity contribution in [3.05, 3.63) is 0 Å². The fourth-order valence-corrected chi connectivity index (χ4v) is 2.81. The van der Waals surface area contributed by atoms with Gasteiger partial charge in [0.25, 0.3) is 0 Å². The molecular weight excluding hydrogens is 246 g/mol. The van der Waals surface area contributed by atoms with Gasteiger partial charge < -0.3 is 20.3 Å². The largest absolute Gasteiger partial charge is 0.377 e. The Kier molecular flexibility index (Phi) is 4.76. The summed E-state index contributed by atoms with van der Waals surface area (Å²) in [4.78, 5) is 26.1. The minimum absolute atomic E-state index is 0.0316. The van der Waals surface area contributed by atoms with E-state index >= 15 is 0 Å². The second-order valence-electron chi connectivity index (χ2n) is 5.29. The van der Waals surface area contributed by atoms with Gasteiger partial charge in [-0.05, 0) is 25.3 Å². The first-order valence-electron chi connectivity index (χ1n) is 6.98. The molecule has 0 aromatic carbocycles. The van der Waals surface area contributed by atoms with E-state index in [0.717, 1.165) is 19.4 Å². The minimum Gasteiger partial charge on any atom is -0.377 e. The molecule has 2 heterocycles. The van der Waals surface area contributed by atoms with Gasteiger partial charge in [0, 0.05) is 13.6 Å². The number of carbonyl (C=O) groups is 2. The number of nitrogens with zero attached hydrogens (tertiary/aromatic N) is 1. The highest BCUT2D eigenvalue weighted by Gasteiger charge is 2.38. The Morgan fingerprint density at radius 3 is 2.89 bits per heavy atom. The van der Waals surface area contributed by atoms with Crippen LogP contribution < -0.4 is 10.6 Å². The number of amides is 2. The maximum atomic E-state index is 12.6. The number of likely N-dealkylation sites (N-methyl/N-ethyl adjacent to an activating group) is 1. The lowest BCUT2D eigenvalue weighted by atomic mass is 9.91. The fraction of sp³-hybridized carbons (Fsp3) is 0.846. The van der Waals surface area contributed by atoms with Gasteiger partial charge in [-0.1, -0.05) is 6.92 Å². The molecule has 0 aliphatic carbocycles. The molecule has 2 N–H and O–H groups in total. The van der Waals surface area contributed by atoms with Crippen molar-refractivity contribution in [1.29, 1.82) is 0 Å². The van der Waals surface area contributed by atoms with Gasteiger partial charge >= 0.3 is 0 Å². The van der Waals surface area contributed by atoms with Gasteiger partial charge in [0.15, 0.2) is 0 Å². The molecule has 2 amide bonds. The highest BCUT2D eigenvalue weighted by Crippen LogP contribution is 2.19. The maximum Gasteiger partial charge on any atom is 0.244 e. The molecule has 0 spiro atoms. The van der Waals surface area contributed by atoms with Crippen molar-refractivity contribution in [2.75, 3.05) is 33.4 Å². The summed E-state index contributed by atoms with van der Waals surface area (Å²) in [5, 5.41) is 5.88. The van der Waals surface area contributed by atoms with Crippen molar-refractivity contribution in [3.63, 3.8) is 0 Å². The van der Waals surface area contributed by atoms with Gasteiger partial charge in [-0.3, -0.25) is 9.59 Å². The van der Waals surface area contributed by atoms with Crippen LogP contribution in [0.3, 0.4) is 0 Å². The maximum absolute atomic E-state index is 12.6. The molecule has 0 saturated carbocycles. The number of hydrogen-bond donors (Lipinski definition) is 2. The first kappa shape index (κ1) is 14.3. The Morgan fingerprint density at radius 1 is 1.42 bits per heavy atom. The normalized spacial score (nSPS) is 31.9. The van der Waals surface area contributed by atoms with Crippen molar-refractivity contribution in [2.45, 2.75) is 31.8 Å². The number of morpholine rings is 1. The van der Waals surface area contributed by atoms with Crippen LogP contribution in [-0.2, 0) is 14.3 Å². The molecule has 2 aliphatic heterocycles. The van der Waals surface area contributed by atoms with Crippen molar-refractivity contribution < 1.29 is 14.3 Å². The van der Waals surface area contributed by atoms with Crippen LogP contribution in [0.2, 0.25) is 0 Å². The van der Waals surface area contributed by atoms with Crippen molar-refractivity contribution in [1.82, 2.24) is 15.5 Å². The van der Waals surface area contributed by atoms with Crippen molar-refractivity contribution in [3.8, 4) is 0 Å². The number of hydrogen-bond acceptors (Lipinski definition) is 4. The van der Waals surface area contributed by atoms with E-state index in [1.165, 1.54) is 0 Å². The first-order valence-corrected chi connectivity index (χ1v) is 6.98. The van der Waals surface area contributed by atoms with Crippen LogP contribution in [0.15, 0.2) is 0 Å². The summed E-state index contributed by atoms with van der Waals surface area (Å²) in [7, 11) is 1.58. The van der Waals surface area contributed by atoms with E-state index in [1.54, 1.807) is 11.9 Å². The van der Waals surface area contributed by atoms with Gasteiger partial charge in [0.2, 0.25) is 11.8 Å². The monoisotopic (exact) mass is 269 g/mol. The molecule has 2 aliphatic rings. The van der Waals surface area contributed by atoms with Gasteiger partial charge in [0.1, 0.15) is 6.04 Å². The number of piperidine rings is 1. The third kappa shape index (κ3) is 3.06. The molecule has 6 heteroatoms. The first-order chi connectivity index (χ1) is 9.15. The molecule has 0 bridgehead atoms. The SMILES string of the molecule is CNC(=O)C1COCCN1C(=O)C1NCCCC1C. The Labute approximate surface area is 113 Å². The predicted molar refractivity (Wildman–Crippen MR) is 70.6 cm³/mol. The van der Waals surface area contributed by atoms with E-state index < -0.39 is 6.04 Å². The molecule has 19 heavy (non-hydrogen) atoms. The summed E-state index contributed by atoms with van der Waals surface area (Å²) < 4.78 is 5.32. The van der Waals surface area contributed by atoms with E-state index in [1.807, 2.05) is 0 Å². The summed E-state index contributed by atoms with van der Waals surface area (Å²) in [5.41, 5.74) is 0. The molecule has 6 nitrogen and oxygen atoms in total. The lowest BCUT2D eigenvalue weighted by Gasteiger charge is -2.39. The highest BCUT2D eigenvalue weighted by atomic mass is 16.5. The van der Waals surface area contributed by atoms with Crippen LogP contribution >= 0.6 is 0 Å². The lowest BCUT2D eigenvalue weighted by molar-refractivity contribution is -0.151. The molecule has 2 fully saturated rings. The average molecular weight is 269 g/mol. The predicted octanol–water partition coefficient (Wildman–Crippen LogP) is -0.652. The molecule has 108 valence electrons. The standard InChI is InChI=1S/C13H23N3O3/c1-9-4-3-5-15-11(9)13(18)16-6-7-19-8-10(16)12(17)14-2/h9-11,15H,3-8H2,1-2H3,(H,14,17). The minimum atomic E-state index is -0.498. The van der Waals surface area contributed by atoms with Crippen molar-refractivity contribution >= 4 is 11.8 Å². The van der Waals surface area contributed by atoms with Crippen LogP contribution in [0.4, 0.5) is 0 Å². The third-order valence-electron chi connectivity index (χ3n) is 4.00. The van der Waals surface area contributed by atoms with Gasteiger partial charge in [-0.15, -0.1) is 0 Å². The molecule has 3 atom stereocenters. The summed E-state index contributed by atoms with van der Waals surface area (Å²) in [5.74, 6) is 0.190. The Bertz CT molecular complexity index is 348. The average Bonchev–Trinajstić information content (AvgIpc) is 2.46. The zero-order valence-electron chi connectivity index (χ0n) is 11.6. The molecule has 2 rings (SSSR count). The molecule has 2 saturated heterocycles. The summed E-state index contributed by atoms with van der Waals surface area (Å²) in [6.45, 7) is 4.23. The summed E-state index contributed by atoms with van der Waals surface area (Å²) >= 11 is 0. The van der Waals surface area contributed by atoms with E-state index in [9.17, 15) is 9.59 Å². The highest BCUT2D eigenvalue weighted by molar-refractivity contribution is 5.90. The second kappa shape index (κ2) is 6.34. The van der Waals surface area contributed by atoms with Gasteiger partial charge in [0.05, 0.1) is 19.3 Å². The zero-order chi connectivity index (χ0) is 13.8. The van der Waals surface area contributed by atoms with E-state index in [-0.39, 0.29) is 24.5 Å². The number of carbonyl (C=O) groups excluding carboxylic acids is 2. The Balaban J connectivity index is 2.08. The van der Waals surface area contributed by atoms with E-state index in [0.29, 0.717) is 19.1 Å². The Hall–Kier alpha value is -1.14. The zero-order valence-corrected chi connectivity index (χ0v) is 11.6. The van der Waals surface area contributed by atoms with Crippen LogP contribution in [0.1, 0.15) is 19.8 Å². The Morgan fingerprint density at radius 2 is 2.21 bits per heavy atom. The molecule has 3 unspecified atom stereocenters. The summed E-state index contributed by atoms with van der Waals surface area (Å²) in [6.07, 6.45) is 2.16. The quantitative estimate of drug-likeness (QED) is 0.699. The van der Waals surface area contributed by atoms with Crippen LogP contribution in [0.25, 0.3) is 0 Å². The number of nitrogens with one attached hydrogen (secondary N) is 2. The van der Waals surface area contributed by atoms with Gasteiger partial charge in [-0.2, -0.15) is 0 Å². The summed E-state index contributed by atoms with van der Waals surface area (Å²) in [6, 6.07) is -0.666. The van der Waals surface area contributed by atoms with Gasteiger partial charge in [-0.25, -0.2) is 0 Å². The molecule has 0 radical (unpaired) electrons. The molecule has 0 aromatic heterocycles. The smallest absolute Gasteiger partial charge is 0.244 e. The molecule has 0 aromatic rings. The van der Waals surface area contributed by atoms with E-state index in [2.05, 4.69) is 17.6 Å². The third-order valence-corrected chi connectivity index (χ3v) is 4.00.